The van der Waals surface area contributed by atoms with Crippen LogP contribution in [0.25, 0.3) is 0 Å². The lowest BCUT2D eigenvalue weighted by molar-refractivity contribution is -0.143. The Morgan fingerprint density at radius 2 is 1.35 bits per heavy atom. The van der Waals surface area contributed by atoms with Crippen LogP contribution in [-0.2, 0) is 30.2 Å². The van der Waals surface area contributed by atoms with Crippen molar-refractivity contribution < 1.29 is 41.0 Å². The van der Waals surface area contributed by atoms with E-state index in [9.17, 15) is 41.0 Å². The van der Waals surface area contributed by atoms with Crippen LogP contribution >= 0.6 is 0 Å². The number of piperazine rings is 1. The number of amides is 2. The van der Waals surface area contributed by atoms with E-state index in [2.05, 4.69) is 15.1 Å². The quantitative estimate of drug-likeness (QED) is 0.273. The molecule has 0 aliphatic carbocycles. The Kier molecular flexibility index (Phi) is 11.5. The highest BCUT2D eigenvalue weighted by atomic mass is 19.4. The van der Waals surface area contributed by atoms with Gasteiger partial charge in [0.25, 0.3) is 5.91 Å². The molecule has 2 N–H and O–H groups in total. The van der Waals surface area contributed by atoms with Crippen molar-refractivity contribution in [2.24, 2.45) is 0 Å². The van der Waals surface area contributed by atoms with E-state index in [1.54, 1.807) is 6.07 Å². The number of alkyl halides is 6. The van der Waals surface area contributed by atoms with Gasteiger partial charge in [-0.2, -0.15) is 26.3 Å². The first-order valence-corrected chi connectivity index (χ1v) is 17.6. The summed E-state index contributed by atoms with van der Waals surface area (Å²) in [4.78, 5) is 34.9. The fourth-order valence-corrected chi connectivity index (χ4v) is 7.80. The topological polar surface area (TPSA) is 79.4 Å². The maximum atomic E-state index is 13.8. The second-order valence-electron chi connectivity index (χ2n) is 13.8. The van der Waals surface area contributed by atoms with Crippen LogP contribution in [0.4, 0.5) is 32.0 Å². The number of carbonyl (C=O) groups excluding carboxylic acids is 2. The maximum Gasteiger partial charge on any atom is 0.416 e. The average molecular weight is 732 g/mol. The molecule has 3 unspecified atom stereocenters. The molecule has 0 spiro atoms. The molecule has 3 aromatic rings. The van der Waals surface area contributed by atoms with Gasteiger partial charge < -0.3 is 20.2 Å². The van der Waals surface area contributed by atoms with Crippen LogP contribution in [0, 0.1) is 0 Å². The molecule has 14 heteroatoms. The standard InChI is InChI=1S/C38H43F6N5O3/c39-37(40,41)29-19-28(20-30(21-29)38(42,43)44)36(52)49-13-11-31(22-33(49)18-26-6-2-1-3-7-26)46-14-16-47(17-15-46)32-10-12-48(24-32)35(51)23-45-34-9-5-4-8-27(34)25-50/h1-9,19-21,31-33,45,50H,10-18,22-25H2. The van der Waals surface area contributed by atoms with Gasteiger partial charge in [0.05, 0.1) is 24.3 Å². The van der Waals surface area contributed by atoms with Crippen LogP contribution in [0.1, 0.15) is 51.9 Å². The lowest BCUT2D eigenvalue weighted by Gasteiger charge is -2.47. The van der Waals surface area contributed by atoms with Crippen LogP contribution in [0.5, 0.6) is 0 Å². The molecular formula is C38H43F6N5O3. The van der Waals surface area contributed by atoms with Crippen molar-refractivity contribution in [1.29, 1.82) is 0 Å². The summed E-state index contributed by atoms with van der Waals surface area (Å²) in [5, 5.41) is 12.7. The number of halogens is 6. The number of hydrogen-bond acceptors (Lipinski definition) is 6. The molecule has 3 aliphatic heterocycles. The summed E-state index contributed by atoms with van der Waals surface area (Å²) in [5.74, 6) is -0.839. The summed E-state index contributed by atoms with van der Waals surface area (Å²) < 4.78 is 81.8. The number of para-hydroxylation sites is 1. The molecule has 8 nitrogen and oxygen atoms in total. The fraction of sp³-hybridized carbons (Fsp3) is 0.474. The lowest BCUT2D eigenvalue weighted by atomic mass is 9.90. The number of nitrogens with one attached hydrogen (secondary N) is 1. The van der Waals surface area contributed by atoms with E-state index in [1.807, 2.05) is 53.4 Å². The Bertz CT molecular complexity index is 1660. The van der Waals surface area contributed by atoms with Crippen molar-refractivity contribution in [3.8, 4) is 0 Å². The number of anilines is 1. The summed E-state index contributed by atoms with van der Waals surface area (Å²) in [6.07, 6.45) is -7.74. The molecule has 3 aromatic carbocycles. The van der Waals surface area contributed by atoms with Gasteiger partial charge in [-0.1, -0.05) is 48.5 Å². The minimum Gasteiger partial charge on any atom is -0.392 e. The van der Waals surface area contributed by atoms with E-state index in [1.165, 1.54) is 4.90 Å². The predicted molar refractivity (Wildman–Crippen MR) is 183 cm³/mol. The molecule has 0 radical (unpaired) electrons. The van der Waals surface area contributed by atoms with E-state index in [0.29, 0.717) is 44.5 Å². The van der Waals surface area contributed by atoms with Gasteiger partial charge in [-0.05, 0) is 55.5 Å². The van der Waals surface area contributed by atoms with Crippen molar-refractivity contribution in [3.63, 3.8) is 0 Å². The van der Waals surface area contributed by atoms with Gasteiger partial charge in [0.15, 0.2) is 0 Å². The smallest absolute Gasteiger partial charge is 0.392 e. The number of hydrogen-bond donors (Lipinski definition) is 2. The average Bonchev–Trinajstić information content (AvgIpc) is 3.64. The second kappa shape index (κ2) is 15.8. The number of benzene rings is 3. The Morgan fingerprint density at radius 1 is 0.750 bits per heavy atom. The van der Waals surface area contributed by atoms with Crippen LogP contribution in [0.2, 0.25) is 0 Å². The summed E-state index contributed by atoms with van der Waals surface area (Å²) in [6, 6.07) is 17.7. The van der Waals surface area contributed by atoms with E-state index < -0.39 is 41.0 Å². The monoisotopic (exact) mass is 731 g/mol. The van der Waals surface area contributed by atoms with Gasteiger partial charge >= 0.3 is 12.4 Å². The number of piperidine rings is 1. The molecule has 0 bridgehead atoms. The third-order valence-electron chi connectivity index (χ3n) is 10.6. The number of carbonyl (C=O) groups is 2. The molecule has 3 heterocycles. The Morgan fingerprint density at radius 3 is 1.98 bits per heavy atom. The molecule has 3 saturated heterocycles. The number of aliphatic hydroxyl groups excluding tert-OH is 1. The number of likely N-dealkylation sites (tertiary alicyclic amines) is 2. The second-order valence-corrected chi connectivity index (χ2v) is 13.8. The SMILES string of the molecule is O=C(CNc1ccccc1CO)N1CCC(N2CCN(C3CCN(C(=O)c4cc(C(F)(F)F)cc(C(F)(F)F)c4)C(Cc4ccccc4)C3)CC2)C1. The molecular weight excluding hydrogens is 688 g/mol. The molecule has 280 valence electrons. The fourth-order valence-electron chi connectivity index (χ4n) is 7.80. The Balaban J connectivity index is 1.08. The van der Waals surface area contributed by atoms with E-state index in [4.69, 9.17) is 0 Å². The van der Waals surface area contributed by atoms with Gasteiger partial charge in [-0.25, -0.2) is 0 Å². The zero-order chi connectivity index (χ0) is 37.0. The zero-order valence-corrected chi connectivity index (χ0v) is 28.7. The highest BCUT2D eigenvalue weighted by molar-refractivity contribution is 5.95. The van der Waals surface area contributed by atoms with Crippen LogP contribution in [-0.4, -0.2) is 107 Å². The minimum absolute atomic E-state index is 0.000550. The van der Waals surface area contributed by atoms with Gasteiger partial charge in [-0.15, -0.1) is 0 Å². The van der Waals surface area contributed by atoms with Gasteiger partial charge in [0.2, 0.25) is 5.91 Å². The molecule has 52 heavy (non-hydrogen) atoms. The number of nitrogens with zero attached hydrogens (tertiary/aromatic N) is 4. The maximum absolute atomic E-state index is 13.8. The third-order valence-corrected chi connectivity index (χ3v) is 10.6. The summed E-state index contributed by atoms with van der Waals surface area (Å²) in [6.45, 7) is 4.64. The number of rotatable bonds is 9. The Labute approximate surface area is 299 Å². The molecule has 3 aliphatic rings. The minimum atomic E-state index is -5.05. The summed E-state index contributed by atoms with van der Waals surface area (Å²) in [7, 11) is 0. The van der Waals surface area contributed by atoms with Crippen LogP contribution in [0.3, 0.4) is 0 Å². The molecule has 2 amide bonds. The first-order valence-electron chi connectivity index (χ1n) is 17.6. The molecule has 0 aromatic heterocycles. The van der Waals surface area contributed by atoms with E-state index in [0.717, 1.165) is 49.4 Å². The Hall–Kier alpha value is -4.14. The summed E-state index contributed by atoms with van der Waals surface area (Å²) in [5.41, 5.74) is -1.25. The molecule has 3 fully saturated rings. The third kappa shape index (κ3) is 8.89. The van der Waals surface area contributed by atoms with Crippen LogP contribution in [0.15, 0.2) is 72.8 Å². The lowest BCUT2D eigenvalue weighted by Crippen LogP contribution is -2.58. The van der Waals surface area contributed by atoms with E-state index >= 15 is 0 Å². The molecule has 3 atom stereocenters. The number of aliphatic hydroxyl groups is 1. The molecule has 0 saturated carbocycles. The summed E-state index contributed by atoms with van der Waals surface area (Å²) >= 11 is 0. The first-order chi connectivity index (χ1) is 24.8. The van der Waals surface area contributed by atoms with Crippen molar-refractivity contribution in [3.05, 3.63) is 101 Å². The van der Waals surface area contributed by atoms with Crippen molar-refractivity contribution in [2.75, 3.05) is 57.7 Å². The van der Waals surface area contributed by atoms with Crippen LogP contribution < -0.4 is 5.32 Å². The predicted octanol–water partition coefficient (Wildman–Crippen LogP) is 5.76. The van der Waals surface area contributed by atoms with Crippen molar-refractivity contribution in [1.82, 2.24) is 19.6 Å². The van der Waals surface area contributed by atoms with Gasteiger partial charge in [-0.3, -0.25) is 19.4 Å². The normalized spacial score (nSPS) is 22.1. The largest absolute Gasteiger partial charge is 0.416 e. The zero-order valence-electron chi connectivity index (χ0n) is 28.7. The highest BCUT2D eigenvalue weighted by Gasteiger charge is 2.41. The van der Waals surface area contributed by atoms with E-state index in [-0.39, 0.29) is 43.8 Å². The first kappa shape index (κ1) is 37.6. The van der Waals surface area contributed by atoms with Gasteiger partial charge in [0.1, 0.15) is 0 Å². The van der Waals surface area contributed by atoms with Crippen molar-refractivity contribution >= 4 is 17.5 Å². The van der Waals surface area contributed by atoms with Crippen molar-refractivity contribution in [2.45, 2.75) is 62.8 Å². The van der Waals surface area contributed by atoms with Gasteiger partial charge in [0, 0.05) is 80.8 Å². The molecule has 6 rings (SSSR count). The highest BCUT2D eigenvalue weighted by Crippen LogP contribution is 2.37.